The van der Waals surface area contributed by atoms with Crippen molar-refractivity contribution in [3.8, 4) is 5.75 Å². The third-order valence-electron chi connectivity index (χ3n) is 5.17. The van der Waals surface area contributed by atoms with E-state index < -0.39 is 0 Å². The highest BCUT2D eigenvalue weighted by atomic mass is 16.3. The van der Waals surface area contributed by atoms with Gasteiger partial charge in [0.2, 0.25) is 0 Å². The first-order valence-corrected chi connectivity index (χ1v) is 8.38. The molecule has 1 aromatic rings. The maximum Gasteiger partial charge on any atom is 0.121 e. The zero-order valence-corrected chi connectivity index (χ0v) is 13.4. The summed E-state index contributed by atoms with van der Waals surface area (Å²) in [5.41, 5.74) is 3.33. The Balaban J connectivity index is 1.64. The third kappa shape index (κ3) is 3.41. The van der Waals surface area contributed by atoms with Crippen LogP contribution in [0.5, 0.6) is 5.75 Å². The van der Waals surface area contributed by atoms with Gasteiger partial charge in [-0.1, -0.05) is 12.1 Å². The number of piperidine rings is 1. The molecule has 0 amide bonds. The van der Waals surface area contributed by atoms with Crippen LogP contribution < -0.4 is 5.32 Å². The molecule has 116 valence electrons. The highest BCUT2D eigenvalue weighted by Gasteiger charge is 2.28. The quantitative estimate of drug-likeness (QED) is 0.897. The minimum atomic E-state index is 0.449. The molecule has 2 aliphatic rings. The first kappa shape index (κ1) is 14.9. The van der Waals surface area contributed by atoms with Crippen molar-refractivity contribution in [2.45, 2.75) is 52.1 Å². The van der Waals surface area contributed by atoms with E-state index in [0.717, 1.165) is 29.6 Å². The van der Waals surface area contributed by atoms with Crippen molar-refractivity contribution >= 4 is 0 Å². The fourth-order valence-corrected chi connectivity index (χ4v) is 4.07. The summed E-state index contributed by atoms with van der Waals surface area (Å²) >= 11 is 0. The van der Waals surface area contributed by atoms with Crippen LogP contribution in [-0.2, 0) is 6.54 Å². The molecule has 21 heavy (non-hydrogen) atoms. The second-order valence-corrected chi connectivity index (χ2v) is 6.92. The summed E-state index contributed by atoms with van der Waals surface area (Å²) in [7, 11) is 0. The summed E-state index contributed by atoms with van der Waals surface area (Å²) in [5.74, 6) is 1.27. The van der Waals surface area contributed by atoms with Gasteiger partial charge in [-0.05, 0) is 75.2 Å². The van der Waals surface area contributed by atoms with Gasteiger partial charge >= 0.3 is 0 Å². The van der Waals surface area contributed by atoms with E-state index in [9.17, 15) is 5.11 Å². The molecule has 2 saturated heterocycles. The molecule has 2 fully saturated rings. The van der Waals surface area contributed by atoms with Crippen molar-refractivity contribution < 1.29 is 5.11 Å². The fraction of sp³-hybridized carbons (Fsp3) is 0.667. The predicted octanol–water partition coefficient (Wildman–Crippen LogP) is 2.97. The Labute approximate surface area is 128 Å². The number of phenols is 1. The van der Waals surface area contributed by atoms with Crippen LogP contribution in [0.4, 0.5) is 0 Å². The lowest BCUT2D eigenvalue weighted by Gasteiger charge is -2.36. The largest absolute Gasteiger partial charge is 0.507 e. The number of aromatic hydroxyl groups is 1. The van der Waals surface area contributed by atoms with E-state index in [0.29, 0.717) is 5.75 Å². The Kier molecular flexibility index (Phi) is 4.51. The van der Waals surface area contributed by atoms with Crippen LogP contribution in [0.1, 0.15) is 42.4 Å². The van der Waals surface area contributed by atoms with E-state index in [2.05, 4.69) is 22.3 Å². The molecule has 3 heteroatoms. The number of hydrogen-bond acceptors (Lipinski definition) is 3. The van der Waals surface area contributed by atoms with Gasteiger partial charge in [0.05, 0.1) is 0 Å². The maximum absolute atomic E-state index is 9.90. The van der Waals surface area contributed by atoms with Crippen LogP contribution in [-0.4, -0.2) is 35.7 Å². The van der Waals surface area contributed by atoms with Crippen molar-refractivity contribution in [2.75, 3.05) is 19.6 Å². The molecular weight excluding hydrogens is 260 g/mol. The monoisotopic (exact) mass is 288 g/mol. The third-order valence-corrected chi connectivity index (χ3v) is 5.17. The van der Waals surface area contributed by atoms with Crippen molar-refractivity contribution in [3.63, 3.8) is 0 Å². The predicted molar refractivity (Wildman–Crippen MR) is 86.6 cm³/mol. The number of aryl methyl sites for hydroxylation is 2. The Hall–Kier alpha value is -1.06. The first-order valence-electron chi connectivity index (χ1n) is 8.38. The lowest BCUT2D eigenvalue weighted by Crippen LogP contribution is -2.43. The zero-order chi connectivity index (χ0) is 14.8. The molecular formula is C18H28N2O. The number of nitrogens with one attached hydrogen (secondary N) is 1. The highest BCUT2D eigenvalue weighted by Crippen LogP contribution is 2.27. The van der Waals surface area contributed by atoms with Gasteiger partial charge in [-0.3, -0.25) is 4.90 Å². The first-order chi connectivity index (χ1) is 10.1. The van der Waals surface area contributed by atoms with Crippen molar-refractivity contribution in [2.24, 2.45) is 5.92 Å². The smallest absolute Gasteiger partial charge is 0.121 e. The minimum Gasteiger partial charge on any atom is -0.507 e. The number of phenolic OH excluding ortho intramolecular Hbond substituents is 1. The van der Waals surface area contributed by atoms with Crippen LogP contribution in [0.3, 0.4) is 0 Å². The van der Waals surface area contributed by atoms with E-state index in [1.807, 2.05) is 13.8 Å². The summed E-state index contributed by atoms with van der Waals surface area (Å²) in [6, 6.07) is 5.02. The van der Waals surface area contributed by atoms with Gasteiger partial charge in [-0.25, -0.2) is 0 Å². The standard InChI is InChI=1S/C18H28N2O/c1-13-9-15(10-14(2)18(13)21)11-20-8-4-5-16(12-20)17-6-3-7-19-17/h9-10,16-17,19,21H,3-8,11-12H2,1-2H3. The molecule has 0 bridgehead atoms. The summed E-state index contributed by atoms with van der Waals surface area (Å²) in [4.78, 5) is 2.60. The second-order valence-electron chi connectivity index (χ2n) is 6.92. The Morgan fingerprint density at radius 1 is 1.19 bits per heavy atom. The van der Waals surface area contributed by atoms with Crippen LogP contribution in [0.2, 0.25) is 0 Å². The Bertz CT molecular complexity index is 471. The van der Waals surface area contributed by atoms with Gasteiger partial charge in [-0.2, -0.15) is 0 Å². The minimum absolute atomic E-state index is 0.449. The summed E-state index contributed by atoms with van der Waals surface area (Å²) in [6.07, 6.45) is 5.40. The molecule has 0 spiro atoms. The van der Waals surface area contributed by atoms with E-state index in [1.54, 1.807) is 0 Å². The van der Waals surface area contributed by atoms with E-state index in [4.69, 9.17) is 0 Å². The summed E-state index contributed by atoms with van der Waals surface area (Å²) in [6.45, 7) is 8.64. The maximum atomic E-state index is 9.90. The normalized spacial score (nSPS) is 27.1. The molecule has 3 rings (SSSR count). The fourth-order valence-electron chi connectivity index (χ4n) is 4.07. The SMILES string of the molecule is Cc1cc(CN2CCCC(C3CCCN3)C2)cc(C)c1O. The lowest BCUT2D eigenvalue weighted by atomic mass is 9.89. The van der Waals surface area contributed by atoms with Crippen LogP contribution >= 0.6 is 0 Å². The van der Waals surface area contributed by atoms with Crippen LogP contribution in [0.15, 0.2) is 12.1 Å². The molecule has 2 heterocycles. The number of rotatable bonds is 3. The van der Waals surface area contributed by atoms with Gasteiger partial charge in [0, 0.05) is 19.1 Å². The molecule has 0 radical (unpaired) electrons. The number of benzene rings is 1. The number of nitrogens with zero attached hydrogens (tertiary/aromatic N) is 1. The highest BCUT2D eigenvalue weighted by molar-refractivity contribution is 5.42. The van der Waals surface area contributed by atoms with Gasteiger partial charge < -0.3 is 10.4 Å². The number of hydrogen-bond donors (Lipinski definition) is 2. The molecule has 1 aromatic carbocycles. The molecule has 0 aromatic heterocycles. The van der Waals surface area contributed by atoms with Gasteiger partial charge in [0.1, 0.15) is 5.75 Å². The molecule has 3 nitrogen and oxygen atoms in total. The molecule has 2 unspecified atom stereocenters. The number of likely N-dealkylation sites (tertiary alicyclic amines) is 1. The Morgan fingerprint density at radius 3 is 2.62 bits per heavy atom. The zero-order valence-electron chi connectivity index (χ0n) is 13.4. The van der Waals surface area contributed by atoms with Crippen LogP contribution in [0, 0.1) is 19.8 Å². The summed E-state index contributed by atoms with van der Waals surface area (Å²) < 4.78 is 0. The van der Waals surface area contributed by atoms with E-state index in [1.165, 1.54) is 50.9 Å². The topological polar surface area (TPSA) is 35.5 Å². The average molecular weight is 288 g/mol. The summed E-state index contributed by atoms with van der Waals surface area (Å²) in [5, 5.41) is 13.6. The van der Waals surface area contributed by atoms with E-state index in [-0.39, 0.29) is 0 Å². The van der Waals surface area contributed by atoms with Crippen molar-refractivity contribution in [1.29, 1.82) is 0 Å². The van der Waals surface area contributed by atoms with Crippen molar-refractivity contribution in [1.82, 2.24) is 10.2 Å². The van der Waals surface area contributed by atoms with Gasteiger partial charge in [0.15, 0.2) is 0 Å². The average Bonchev–Trinajstić information content (AvgIpc) is 2.99. The molecule has 2 atom stereocenters. The van der Waals surface area contributed by atoms with Gasteiger partial charge in [0.25, 0.3) is 0 Å². The lowest BCUT2D eigenvalue weighted by molar-refractivity contribution is 0.145. The molecule has 2 aliphatic heterocycles. The van der Waals surface area contributed by atoms with Crippen LogP contribution in [0.25, 0.3) is 0 Å². The Morgan fingerprint density at radius 2 is 1.95 bits per heavy atom. The van der Waals surface area contributed by atoms with E-state index >= 15 is 0 Å². The second kappa shape index (κ2) is 6.37. The van der Waals surface area contributed by atoms with Gasteiger partial charge in [-0.15, -0.1) is 0 Å². The molecule has 2 N–H and O–H groups in total. The van der Waals surface area contributed by atoms with Crippen molar-refractivity contribution in [3.05, 3.63) is 28.8 Å². The molecule has 0 saturated carbocycles. The molecule has 0 aliphatic carbocycles.